The Hall–Kier alpha value is -1.17. The monoisotopic (exact) mass is 341 g/mol. The van der Waals surface area contributed by atoms with E-state index in [1.165, 1.54) is 0 Å². The lowest BCUT2D eigenvalue weighted by Crippen LogP contribution is -2.12. The summed E-state index contributed by atoms with van der Waals surface area (Å²) in [5.74, 6) is 0.588. The summed E-state index contributed by atoms with van der Waals surface area (Å²) < 4.78 is 0.919. The van der Waals surface area contributed by atoms with Crippen molar-refractivity contribution >= 4 is 56.2 Å². The fourth-order valence-electron chi connectivity index (χ4n) is 1.42. The lowest BCUT2D eigenvalue weighted by atomic mass is 10.2. The molecule has 1 heterocycles. The van der Waals surface area contributed by atoms with Gasteiger partial charge in [0.25, 0.3) is 0 Å². The van der Waals surface area contributed by atoms with Crippen LogP contribution in [0, 0.1) is 0 Å². The number of halogens is 2. The van der Waals surface area contributed by atoms with E-state index in [1.54, 1.807) is 18.3 Å². The van der Waals surface area contributed by atoms with Crippen molar-refractivity contribution in [3.63, 3.8) is 0 Å². The van der Waals surface area contributed by atoms with Crippen LogP contribution in [-0.4, -0.2) is 9.97 Å². The number of thiocarbonyl (C=S) groups is 1. The summed E-state index contributed by atoms with van der Waals surface area (Å²) in [6.07, 6.45) is 1.66. The number of nitrogens with one attached hydrogen (secondary N) is 1. The molecule has 0 aliphatic heterocycles. The third-order valence-corrected chi connectivity index (χ3v) is 3.30. The van der Waals surface area contributed by atoms with Crippen LogP contribution in [-0.2, 0) is 0 Å². The summed E-state index contributed by atoms with van der Waals surface area (Å²) in [6, 6.07) is 9.10. The van der Waals surface area contributed by atoms with Gasteiger partial charge in [0.15, 0.2) is 0 Å². The molecule has 3 nitrogen and oxygen atoms in total. The molecule has 0 aliphatic carbocycles. The molecule has 0 radical (unpaired) electrons. The predicted octanol–water partition coefficient (Wildman–Crippen LogP) is 3.88. The first kappa shape index (κ1) is 13.3. The molecule has 0 aliphatic rings. The summed E-state index contributed by atoms with van der Waals surface area (Å²) in [7, 11) is 0. The van der Waals surface area contributed by atoms with Gasteiger partial charge < -0.3 is 11.1 Å². The number of benzene rings is 1. The molecule has 0 bridgehead atoms. The van der Waals surface area contributed by atoms with Crippen LogP contribution in [0.2, 0.25) is 5.02 Å². The van der Waals surface area contributed by atoms with E-state index in [1.807, 2.05) is 18.2 Å². The van der Waals surface area contributed by atoms with E-state index in [-0.39, 0.29) is 4.99 Å². The highest BCUT2D eigenvalue weighted by molar-refractivity contribution is 9.10. The Balaban J connectivity index is 2.40. The first-order valence-electron chi connectivity index (χ1n) is 5.05. The van der Waals surface area contributed by atoms with Gasteiger partial charge in [0, 0.05) is 10.7 Å². The molecule has 18 heavy (non-hydrogen) atoms. The van der Waals surface area contributed by atoms with Crippen molar-refractivity contribution in [2.24, 2.45) is 5.73 Å². The molecular formula is C12H9BrClN3S. The molecule has 0 unspecified atom stereocenters. The van der Waals surface area contributed by atoms with Gasteiger partial charge in [-0.3, -0.25) is 0 Å². The van der Waals surface area contributed by atoms with Crippen molar-refractivity contribution in [1.29, 1.82) is 0 Å². The van der Waals surface area contributed by atoms with Gasteiger partial charge >= 0.3 is 0 Å². The Kier molecular flexibility index (Phi) is 4.16. The van der Waals surface area contributed by atoms with Crippen LogP contribution >= 0.6 is 39.7 Å². The zero-order chi connectivity index (χ0) is 13.1. The van der Waals surface area contributed by atoms with E-state index in [0.29, 0.717) is 16.4 Å². The molecule has 92 valence electrons. The van der Waals surface area contributed by atoms with Crippen molar-refractivity contribution in [3.05, 3.63) is 51.6 Å². The second-order valence-electron chi connectivity index (χ2n) is 3.51. The van der Waals surface area contributed by atoms with E-state index in [4.69, 9.17) is 29.6 Å². The molecule has 1 aromatic carbocycles. The molecular weight excluding hydrogens is 334 g/mol. The Morgan fingerprint density at radius 1 is 1.39 bits per heavy atom. The minimum absolute atomic E-state index is 0.289. The Bertz CT molecular complexity index is 604. The lowest BCUT2D eigenvalue weighted by molar-refractivity contribution is 1.29. The summed E-state index contributed by atoms with van der Waals surface area (Å²) in [4.78, 5) is 4.50. The molecule has 0 spiro atoms. The largest absolute Gasteiger partial charge is 0.389 e. The highest BCUT2D eigenvalue weighted by Gasteiger charge is 2.08. The number of hydrogen-bond acceptors (Lipinski definition) is 3. The van der Waals surface area contributed by atoms with Gasteiger partial charge in [0.05, 0.1) is 16.3 Å². The topological polar surface area (TPSA) is 50.9 Å². The Morgan fingerprint density at radius 3 is 2.89 bits per heavy atom. The quantitative estimate of drug-likeness (QED) is 0.831. The van der Waals surface area contributed by atoms with Gasteiger partial charge in [-0.15, -0.1) is 0 Å². The summed E-state index contributed by atoms with van der Waals surface area (Å²) in [5, 5.41) is 3.72. The smallest absolute Gasteiger partial charge is 0.140 e. The van der Waals surface area contributed by atoms with E-state index in [0.717, 1.165) is 10.2 Å². The zero-order valence-electron chi connectivity index (χ0n) is 9.15. The minimum Gasteiger partial charge on any atom is -0.389 e. The molecule has 3 N–H and O–H groups in total. The zero-order valence-corrected chi connectivity index (χ0v) is 12.3. The van der Waals surface area contributed by atoms with E-state index in [9.17, 15) is 0 Å². The van der Waals surface area contributed by atoms with Gasteiger partial charge in [-0.25, -0.2) is 4.98 Å². The van der Waals surface area contributed by atoms with Gasteiger partial charge in [-0.2, -0.15) is 0 Å². The average Bonchev–Trinajstić information content (AvgIpc) is 2.34. The molecule has 1 aromatic heterocycles. The maximum atomic E-state index is 6.10. The summed E-state index contributed by atoms with van der Waals surface area (Å²) in [6.45, 7) is 0. The van der Waals surface area contributed by atoms with Gasteiger partial charge in [-0.05, 0) is 30.3 Å². The molecule has 6 heteroatoms. The third-order valence-electron chi connectivity index (χ3n) is 2.25. The second kappa shape index (κ2) is 5.65. The molecule has 0 atom stereocenters. The number of nitrogens with zero attached hydrogens (tertiary/aromatic N) is 1. The van der Waals surface area contributed by atoms with Crippen LogP contribution in [0.5, 0.6) is 0 Å². The minimum atomic E-state index is 0.289. The number of nitrogens with two attached hydrogens (primary N) is 1. The number of rotatable bonds is 3. The number of hydrogen-bond donors (Lipinski definition) is 2. The molecule has 0 amide bonds. The van der Waals surface area contributed by atoms with Gasteiger partial charge in [0.1, 0.15) is 10.8 Å². The maximum Gasteiger partial charge on any atom is 0.140 e. The standard InChI is InChI=1S/C12H9BrClN3S/c13-7-3-4-9(14)10(6-7)17-12-8(11(15)18)2-1-5-16-12/h1-6H,(H2,15,18)(H,16,17). The van der Waals surface area contributed by atoms with E-state index >= 15 is 0 Å². The normalized spacial score (nSPS) is 10.1. The van der Waals surface area contributed by atoms with Gasteiger partial charge in [-0.1, -0.05) is 39.7 Å². The van der Waals surface area contributed by atoms with Crippen LogP contribution in [0.4, 0.5) is 11.5 Å². The first-order valence-corrected chi connectivity index (χ1v) is 6.63. The summed E-state index contributed by atoms with van der Waals surface area (Å²) in [5.41, 5.74) is 7.07. The molecule has 2 rings (SSSR count). The van der Waals surface area contributed by atoms with E-state index in [2.05, 4.69) is 26.2 Å². The van der Waals surface area contributed by atoms with Crippen molar-refractivity contribution in [2.45, 2.75) is 0 Å². The van der Waals surface area contributed by atoms with Crippen LogP contribution in [0.25, 0.3) is 0 Å². The van der Waals surface area contributed by atoms with Crippen LogP contribution in [0.15, 0.2) is 41.0 Å². The molecule has 0 saturated heterocycles. The number of anilines is 2. The number of pyridine rings is 1. The lowest BCUT2D eigenvalue weighted by Gasteiger charge is -2.11. The van der Waals surface area contributed by atoms with Crippen molar-refractivity contribution in [3.8, 4) is 0 Å². The Labute approximate surface area is 123 Å². The van der Waals surface area contributed by atoms with Crippen LogP contribution in [0.3, 0.4) is 0 Å². The number of aromatic nitrogens is 1. The second-order valence-corrected chi connectivity index (χ2v) is 5.28. The van der Waals surface area contributed by atoms with Crippen LogP contribution < -0.4 is 11.1 Å². The van der Waals surface area contributed by atoms with Crippen molar-refractivity contribution < 1.29 is 0 Å². The van der Waals surface area contributed by atoms with Gasteiger partial charge in [0.2, 0.25) is 0 Å². The Morgan fingerprint density at radius 2 is 2.17 bits per heavy atom. The highest BCUT2D eigenvalue weighted by Crippen LogP contribution is 2.28. The predicted molar refractivity (Wildman–Crippen MR) is 82.6 cm³/mol. The fraction of sp³-hybridized carbons (Fsp3) is 0. The first-order chi connectivity index (χ1) is 8.58. The van der Waals surface area contributed by atoms with Crippen LogP contribution in [0.1, 0.15) is 5.56 Å². The average molecular weight is 343 g/mol. The SMILES string of the molecule is NC(=S)c1cccnc1Nc1cc(Br)ccc1Cl. The molecule has 0 fully saturated rings. The third kappa shape index (κ3) is 2.98. The van der Waals surface area contributed by atoms with Crippen molar-refractivity contribution in [2.75, 3.05) is 5.32 Å². The highest BCUT2D eigenvalue weighted by atomic mass is 79.9. The summed E-state index contributed by atoms with van der Waals surface area (Å²) >= 11 is 14.5. The maximum absolute atomic E-state index is 6.10. The van der Waals surface area contributed by atoms with Crippen molar-refractivity contribution in [1.82, 2.24) is 4.98 Å². The fourth-order valence-corrected chi connectivity index (χ4v) is 2.12. The molecule has 2 aromatic rings. The molecule has 0 saturated carbocycles. The van der Waals surface area contributed by atoms with E-state index < -0.39 is 0 Å².